The van der Waals surface area contributed by atoms with E-state index in [0.717, 1.165) is 32.2 Å². The molecule has 0 bridgehead atoms. The number of hydrogen-bond donors (Lipinski definition) is 0. The molecule has 2 rings (SSSR count). The summed E-state index contributed by atoms with van der Waals surface area (Å²) in [5, 5.41) is 0. The van der Waals surface area contributed by atoms with Crippen molar-refractivity contribution >= 4 is 0 Å². The number of benzene rings is 1. The van der Waals surface area contributed by atoms with Crippen molar-refractivity contribution in [1.82, 2.24) is 4.90 Å². The van der Waals surface area contributed by atoms with E-state index >= 15 is 0 Å². The van der Waals surface area contributed by atoms with Crippen LogP contribution in [0, 0.1) is 5.92 Å². The zero-order valence-corrected chi connectivity index (χ0v) is 16.3. The quantitative estimate of drug-likeness (QED) is 0.663. The van der Waals surface area contributed by atoms with E-state index in [1.165, 1.54) is 12.0 Å². The molecule has 1 heterocycles. The van der Waals surface area contributed by atoms with Gasteiger partial charge in [-0.1, -0.05) is 66.5 Å². The Kier molecular flexibility index (Phi) is 25.1. The maximum absolute atomic E-state index is 5.21. The molecule has 1 aromatic carbocycles. The third-order valence-electron chi connectivity index (χ3n) is 3.26. The monoisotopic (exact) mass is 400 g/mol. The third kappa shape index (κ3) is 15.5. The second-order valence-electron chi connectivity index (χ2n) is 5.83. The Labute approximate surface area is 172 Å². The van der Waals surface area contributed by atoms with E-state index in [-0.39, 0.29) is 55.0 Å². The molecule has 0 atom stereocenters. The molecule has 1 aliphatic rings. The molecule has 2 nitrogen and oxygen atoms in total. The summed E-state index contributed by atoms with van der Waals surface area (Å²) in [7, 11) is 0. The van der Waals surface area contributed by atoms with Gasteiger partial charge in [-0.3, -0.25) is 4.90 Å². The SMILES string of the molecule is C.C.C.CC(C)Cc1ccccc1.CC(C)N1CCOCC1.[Y]. The maximum Gasteiger partial charge on any atom is 0.0594 e. The van der Waals surface area contributed by atoms with Gasteiger partial charge in [0.05, 0.1) is 13.2 Å². The molecule has 0 aliphatic carbocycles. The number of hydrogen-bond acceptors (Lipinski definition) is 2. The molecule has 0 spiro atoms. The van der Waals surface area contributed by atoms with Crippen LogP contribution in [0.5, 0.6) is 0 Å². The predicted octanol–water partition coefficient (Wildman–Crippen LogP) is 5.52. The molecule has 1 aromatic rings. The normalized spacial score (nSPS) is 13.5. The van der Waals surface area contributed by atoms with Gasteiger partial charge in [-0.15, -0.1) is 0 Å². The van der Waals surface area contributed by atoms with E-state index in [9.17, 15) is 0 Å². The Morgan fingerprint density at radius 2 is 1.39 bits per heavy atom. The van der Waals surface area contributed by atoms with Crippen LogP contribution < -0.4 is 0 Å². The van der Waals surface area contributed by atoms with Gasteiger partial charge in [-0.25, -0.2) is 0 Å². The van der Waals surface area contributed by atoms with E-state index < -0.39 is 0 Å². The van der Waals surface area contributed by atoms with E-state index in [1.54, 1.807) is 0 Å². The van der Waals surface area contributed by atoms with E-state index in [2.05, 4.69) is 62.9 Å². The summed E-state index contributed by atoms with van der Waals surface area (Å²) in [6.07, 6.45) is 1.20. The summed E-state index contributed by atoms with van der Waals surface area (Å²) >= 11 is 0. The van der Waals surface area contributed by atoms with Crippen molar-refractivity contribution in [2.24, 2.45) is 5.92 Å². The van der Waals surface area contributed by atoms with Crippen molar-refractivity contribution in [3.8, 4) is 0 Å². The number of ether oxygens (including phenoxy) is 1. The largest absolute Gasteiger partial charge is 0.379 e. The predicted molar refractivity (Wildman–Crippen MR) is 103 cm³/mol. The number of nitrogens with zero attached hydrogens (tertiary/aromatic N) is 1. The Morgan fingerprint density at radius 1 is 0.913 bits per heavy atom. The molecule has 0 saturated carbocycles. The van der Waals surface area contributed by atoms with Crippen LogP contribution in [0.15, 0.2) is 30.3 Å². The summed E-state index contributed by atoms with van der Waals surface area (Å²) in [6, 6.07) is 11.3. The first kappa shape index (κ1) is 31.1. The molecule has 1 fully saturated rings. The Hall–Kier alpha value is 0.244. The van der Waals surface area contributed by atoms with E-state index in [0.29, 0.717) is 6.04 Å². The van der Waals surface area contributed by atoms with E-state index in [1.807, 2.05) is 0 Å². The summed E-state index contributed by atoms with van der Waals surface area (Å²) in [6.45, 7) is 13.0. The van der Waals surface area contributed by atoms with Crippen LogP contribution in [0.4, 0.5) is 0 Å². The van der Waals surface area contributed by atoms with Crippen LogP contribution in [-0.2, 0) is 43.9 Å². The Bertz CT molecular complexity index is 322. The van der Waals surface area contributed by atoms with Gasteiger partial charge in [0, 0.05) is 51.8 Å². The fraction of sp³-hybridized carbons (Fsp3) is 0.700. The molecule has 135 valence electrons. The second kappa shape index (κ2) is 18.6. The van der Waals surface area contributed by atoms with Crippen molar-refractivity contribution in [3.63, 3.8) is 0 Å². The van der Waals surface area contributed by atoms with Gasteiger partial charge in [-0.05, 0) is 31.7 Å². The average molecular weight is 400 g/mol. The maximum atomic E-state index is 5.21. The van der Waals surface area contributed by atoms with E-state index in [4.69, 9.17) is 4.74 Å². The van der Waals surface area contributed by atoms with Crippen molar-refractivity contribution in [3.05, 3.63) is 35.9 Å². The van der Waals surface area contributed by atoms with Crippen molar-refractivity contribution in [2.45, 2.75) is 62.4 Å². The van der Waals surface area contributed by atoms with Gasteiger partial charge in [0.15, 0.2) is 0 Å². The number of rotatable bonds is 3. The topological polar surface area (TPSA) is 12.5 Å². The van der Waals surface area contributed by atoms with Crippen LogP contribution in [0.1, 0.15) is 55.5 Å². The molecular formula is C20H41NOY. The van der Waals surface area contributed by atoms with Gasteiger partial charge < -0.3 is 4.74 Å². The summed E-state index contributed by atoms with van der Waals surface area (Å²) in [5.74, 6) is 0.766. The zero-order valence-electron chi connectivity index (χ0n) is 13.5. The van der Waals surface area contributed by atoms with Crippen LogP contribution >= 0.6 is 0 Å². The van der Waals surface area contributed by atoms with Crippen molar-refractivity contribution in [2.75, 3.05) is 26.3 Å². The van der Waals surface area contributed by atoms with Crippen LogP contribution in [0.2, 0.25) is 0 Å². The average Bonchev–Trinajstić information content (AvgIpc) is 2.41. The molecule has 0 amide bonds. The first-order chi connectivity index (χ1) is 9.09. The van der Waals surface area contributed by atoms with Gasteiger partial charge in [-0.2, -0.15) is 0 Å². The second-order valence-corrected chi connectivity index (χ2v) is 5.83. The van der Waals surface area contributed by atoms with Crippen molar-refractivity contribution in [1.29, 1.82) is 0 Å². The van der Waals surface area contributed by atoms with Crippen molar-refractivity contribution < 1.29 is 37.4 Å². The first-order valence-electron chi connectivity index (χ1n) is 7.45. The molecule has 1 saturated heterocycles. The standard InChI is InChI=1S/C10H14.C7H15NO.3CH4.Y/c1-9(2)8-10-6-4-3-5-7-10;1-7(2)8-3-5-9-6-4-8;;;;/h3-7,9H,8H2,1-2H3;7H,3-6H2,1-2H3;3*1H4;. The molecule has 1 radical (unpaired) electrons. The Balaban J connectivity index is -0.000000134. The molecule has 23 heavy (non-hydrogen) atoms. The first-order valence-corrected chi connectivity index (χ1v) is 7.45. The summed E-state index contributed by atoms with van der Waals surface area (Å²) < 4.78 is 5.21. The van der Waals surface area contributed by atoms with Gasteiger partial charge in [0.2, 0.25) is 0 Å². The fourth-order valence-electron chi connectivity index (χ4n) is 2.18. The molecule has 0 N–H and O–H groups in total. The van der Waals surface area contributed by atoms with Crippen LogP contribution in [-0.4, -0.2) is 37.2 Å². The van der Waals surface area contributed by atoms with Gasteiger partial charge >= 0.3 is 0 Å². The molecule has 0 unspecified atom stereocenters. The number of morpholine rings is 1. The summed E-state index contributed by atoms with van der Waals surface area (Å²) in [4.78, 5) is 2.43. The zero-order chi connectivity index (χ0) is 14.1. The molecular weight excluding hydrogens is 359 g/mol. The minimum Gasteiger partial charge on any atom is -0.379 e. The van der Waals surface area contributed by atoms with Crippen LogP contribution in [0.3, 0.4) is 0 Å². The van der Waals surface area contributed by atoms with Crippen LogP contribution in [0.25, 0.3) is 0 Å². The van der Waals surface area contributed by atoms with Gasteiger partial charge in [0.25, 0.3) is 0 Å². The smallest absolute Gasteiger partial charge is 0.0594 e. The molecule has 0 aromatic heterocycles. The molecule has 3 heteroatoms. The fourth-order valence-corrected chi connectivity index (χ4v) is 2.18. The third-order valence-corrected chi connectivity index (χ3v) is 3.26. The molecule has 1 aliphatic heterocycles. The minimum atomic E-state index is 0. The Morgan fingerprint density at radius 3 is 1.74 bits per heavy atom. The van der Waals surface area contributed by atoms with Gasteiger partial charge in [0.1, 0.15) is 0 Å². The minimum absolute atomic E-state index is 0. The summed E-state index contributed by atoms with van der Waals surface area (Å²) in [5.41, 5.74) is 1.44.